The van der Waals surface area contributed by atoms with Gasteiger partial charge in [-0.2, -0.15) is 0 Å². The van der Waals surface area contributed by atoms with Crippen molar-refractivity contribution in [2.24, 2.45) is 0 Å². The van der Waals surface area contributed by atoms with Gasteiger partial charge in [0, 0.05) is 30.8 Å². The normalized spacial score (nSPS) is 11.6. The summed E-state index contributed by atoms with van der Waals surface area (Å²) in [5.41, 5.74) is 2.97. The molecule has 0 radical (unpaired) electrons. The van der Waals surface area contributed by atoms with Crippen molar-refractivity contribution in [1.29, 1.82) is 0 Å². The summed E-state index contributed by atoms with van der Waals surface area (Å²) < 4.78 is 0. The molecule has 0 saturated carbocycles. The molecule has 32 heavy (non-hydrogen) atoms. The van der Waals surface area contributed by atoms with Gasteiger partial charge in [0.2, 0.25) is 11.8 Å². The lowest BCUT2D eigenvalue weighted by Gasteiger charge is -2.31. The van der Waals surface area contributed by atoms with Crippen LogP contribution in [0.5, 0.6) is 0 Å². The van der Waals surface area contributed by atoms with Crippen molar-refractivity contribution < 1.29 is 9.59 Å². The number of carbonyl (C=O) groups excluding carboxylic acids is 2. The van der Waals surface area contributed by atoms with Crippen LogP contribution in [0.2, 0.25) is 5.02 Å². The zero-order valence-electron chi connectivity index (χ0n) is 18.0. The molecule has 0 spiro atoms. The molecule has 2 amide bonds. The van der Waals surface area contributed by atoms with Crippen LogP contribution in [0.1, 0.15) is 16.7 Å². The Hall–Kier alpha value is -2.76. The van der Waals surface area contributed by atoms with Crippen LogP contribution in [-0.4, -0.2) is 35.6 Å². The van der Waals surface area contributed by atoms with Gasteiger partial charge in [-0.15, -0.1) is 11.8 Å². The third-order valence-corrected chi connectivity index (χ3v) is 6.51. The highest BCUT2D eigenvalue weighted by Crippen LogP contribution is 2.22. The quantitative estimate of drug-likeness (QED) is 0.459. The minimum atomic E-state index is -0.636. The summed E-state index contributed by atoms with van der Waals surface area (Å²) in [5.74, 6) is 0.731. The van der Waals surface area contributed by atoms with E-state index >= 15 is 0 Å². The number of nitrogens with one attached hydrogen (secondary N) is 1. The van der Waals surface area contributed by atoms with Crippen LogP contribution in [0.4, 0.5) is 0 Å². The summed E-state index contributed by atoms with van der Waals surface area (Å²) >= 11 is 7.94. The zero-order chi connectivity index (χ0) is 22.8. The molecule has 0 saturated heterocycles. The summed E-state index contributed by atoms with van der Waals surface area (Å²) in [5, 5.41) is 3.31. The van der Waals surface area contributed by atoms with Crippen molar-refractivity contribution in [3.05, 3.63) is 107 Å². The molecule has 3 aromatic carbocycles. The van der Waals surface area contributed by atoms with E-state index in [2.05, 4.69) is 5.32 Å². The first kappa shape index (κ1) is 23.9. The van der Waals surface area contributed by atoms with Gasteiger partial charge in [0.15, 0.2) is 0 Å². The van der Waals surface area contributed by atoms with Crippen molar-refractivity contribution >= 4 is 35.2 Å². The first-order valence-corrected chi connectivity index (χ1v) is 12.0. The van der Waals surface area contributed by atoms with Crippen LogP contribution >= 0.6 is 23.4 Å². The van der Waals surface area contributed by atoms with E-state index in [4.69, 9.17) is 11.6 Å². The Morgan fingerprint density at radius 3 is 2.12 bits per heavy atom. The Balaban J connectivity index is 1.82. The predicted molar refractivity (Wildman–Crippen MR) is 133 cm³/mol. The second kappa shape index (κ2) is 12.3. The number of amides is 2. The smallest absolute Gasteiger partial charge is 0.242 e. The Bertz CT molecular complexity index is 1010. The molecule has 1 atom stereocenters. The van der Waals surface area contributed by atoms with E-state index < -0.39 is 6.04 Å². The Labute approximate surface area is 199 Å². The molecular formula is C26H27ClN2O2S. The third kappa shape index (κ3) is 6.87. The van der Waals surface area contributed by atoms with E-state index in [1.165, 1.54) is 0 Å². The van der Waals surface area contributed by atoms with Crippen molar-refractivity contribution in [3.63, 3.8) is 0 Å². The number of rotatable bonds is 10. The van der Waals surface area contributed by atoms with E-state index in [9.17, 15) is 9.59 Å². The summed E-state index contributed by atoms with van der Waals surface area (Å²) in [7, 11) is 1.60. The number of hydrogen-bond donors (Lipinski definition) is 1. The molecule has 0 heterocycles. The van der Waals surface area contributed by atoms with Gasteiger partial charge in [-0.25, -0.2) is 0 Å². The van der Waals surface area contributed by atoms with Gasteiger partial charge >= 0.3 is 0 Å². The lowest BCUT2D eigenvalue weighted by Crippen LogP contribution is -2.50. The summed E-state index contributed by atoms with van der Waals surface area (Å²) in [6.07, 6.45) is 0.431. The van der Waals surface area contributed by atoms with Gasteiger partial charge in [0.25, 0.3) is 0 Å². The lowest BCUT2D eigenvalue weighted by atomic mass is 10.0. The first-order chi connectivity index (χ1) is 15.6. The van der Waals surface area contributed by atoms with Gasteiger partial charge in [-0.3, -0.25) is 9.59 Å². The van der Waals surface area contributed by atoms with Gasteiger partial charge in [-0.1, -0.05) is 90.5 Å². The fourth-order valence-corrected chi connectivity index (χ4v) is 4.51. The number of benzene rings is 3. The van der Waals surface area contributed by atoms with Gasteiger partial charge in [0.1, 0.15) is 6.04 Å². The number of likely N-dealkylation sites (N-methyl/N-ethyl adjacent to an activating group) is 1. The molecule has 0 bridgehead atoms. The van der Waals surface area contributed by atoms with Crippen LogP contribution < -0.4 is 5.32 Å². The van der Waals surface area contributed by atoms with Gasteiger partial charge in [0.05, 0.1) is 5.75 Å². The zero-order valence-corrected chi connectivity index (χ0v) is 19.6. The topological polar surface area (TPSA) is 49.4 Å². The third-order valence-electron chi connectivity index (χ3n) is 5.15. The molecule has 0 fully saturated rings. The average molecular weight is 467 g/mol. The highest BCUT2D eigenvalue weighted by molar-refractivity contribution is 7.99. The Kier molecular flexibility index (Phi) is 9.20. The highest BCUT2D eigenvalue weighted by Gasteiger charge is 2.30. The highest BCUT2D eigenvalue weighted by atomic mass is 35.5. The number of carbonyl (C=O) groups is 2. The second-order valence-electron chi connectivity index (χ2n) is 7.41. The molecule has 0 aliphatic heterocycles. The van der Waals surface area contributed by atoms with Crippen molar-refractivity contribution in [1.82, 2.24) is 10.2 Å². The Morgan fingerprint density at radius 2 is 1.50 bits per heavy atom. The fourth-order valence-electron chi connectivity index (χ4n) is 3.44. The molecule has 4 nitrogen and oxygen atoms in total. The molecule has 3 aromatic rings. The summed E-state index contributed by atoms with van der Waals surface area (Å²) in [6.45, 7) is 0.273. The van der Waals surface area contributed by atoms with E-state index in [1.54, 1.807) is 29.8 Å². The second-order valence-corrected chi connectivity index (χ2v) is 8.80. The predicted octanol–water partition coefficient (Wildman–Crippen LogP) is 4.96. The monoisotopic (exact) mass is 466 g/mol. The molecule has 0 aliphatic rings. The van der Waals surface area contributed by atoms with Crippen LogP contribution in [-0.2, 0) is 28.3 Å². The molecule has 0 aromatic heterocycles. The SMILES string of the molecule is CNC(=O)C(Cc1ccccc1)N(Cc1ccccc1Cl)C(=O)CSCc1ccccc1. The largest absolute Gasteiger partial charge is 0.357 e. The number of nitrogens with zero attached hydrogens (tertiary/aromatic N) is 1. The molecule has 1 unspecified atom stereocenters. The Morgan fingerprint density at radius 1 is 0.906 bits per heavy atom. The lowest BCUT2D eigenvalue weighted by molar-refractivity contribution is -0.139. The number of hydrogen-bond acceptors (Lipinski definition) is 3. The van der Waals surface area contributed by atoms with Crippen LogP contribution in [0.3, 0.4) is 0 Å². The van der Waals surface area contributed by atoms with E-state index in [1.807, 2.05) is 78.9 Å². The molecule has 1 N–H and O–H groups in total. The molecule has 3 rings (SSSR count). The molecule has 0 aliphatic carbocycles. The maximum atomic E-state index is 13.4. The number of thioether (sulfide) groups is 1. The van der Waals surface area contributed by atoms with Crippen LogP contribution in [0, 0.1) is 0 Å². The first-order valence-electron chi connectivity index (χ1n) is 10.5. The standard InChI is InChI=1S/C26H27ClN2O2S/c1-28-26(31)24(16-20-10-4-2-5-11-20)29(17-22-14-8-9-15-23(22)27)25(30)19-32-18-21-12-6-3-7-13-21/h2-15,24H,16-19H2,1H3,(H,28,31). The van der Waals surface area contributed by atoms with E-state index in [0.717, 1.165) is 22.4 Å². The molecular weight excluding hydrogens is 440 g/mol. The van der Waals surface area contributed by atoms with E-state index in [0.29, 0.717) is 11.4 Å². The van der Waals surface area contributed by atoms with Crippen molar-refractivity contribution in [2.45, 2.75) is 24.8 Å². The van der Waals surface area contributed by atoms with Crippen LogP contribution in [0.25, 0.3) is 0 Å². The average Bonchev–Trinajstić information content (AvgIpc) is 2.83. The van der Waals surface area contributed by atoms with Gasteiger partial charge in [-0.05, 0) is 22.8 Å². The minimum Gasteiger partial charge on any atom is -0.357 e. The summed E-state index contributed by atoms with van der Waals surface area (Å²) in [6, 6.07) is 26.6. The fraction of sp³-hybridized carbons (Fsp3) is 0.231. The van der Waals surface area contributed by atoms with E-state index in [-0.39, 0.29) is 24.1 Å². The molecule has 166 valence electrons. The van der Waals surface area contributed by atoms with Crippen molar-refractivity contribution in [3.8, 4) is 0 Å². The minimum absolute atomic E-state index is 0.0876. The summed E-state index contributed by atoms with van der Waals surface area (Å²) in [4.78, 5) is 27.9. The number of halogens is 1. The molecule has 6 heteroatoms. The van der Waals surface area contributed by atoms with Crippen LogP contribution in [0.15, 0.2) is 84.9 Å². The van der Waals surface area contributed by atoms with Gasteiger partial charge < -0.3 is 10.2 Å². The maximum absolute atomic E-state index is 13.4. The maximum Gasteiger partial charge on any atom is 0.242 e. The van der Waals surface area contributed by atoms with Crippen molar-refractivity contribution in [2.75, 3.05) is 12.8 Å².